The first-order valence-electron chi connectivity index (χ1n) is 4.90. The Bertz CT molecular complexity index is 158. The Labute approximate surface area is 83.5 Å². The molecule has 1 fully saturated rings. The molecule has 3 nitrogen and oxygen atoms in total. The molecule has 13 heavy (non-hydrogen) atoms. The van der Waals surface area contributed by atoms with Crippen molar-refractivity contribution in [3.8, 4) is 0 Å². The van der Waals surface area contributed by atoms with Crippen molar-refractivity contribution in [2.45, 2.75) is 19.3 Å². The van der Waals surface area contributed by atoms with Crippen LogP contribution in [0.4, 0.5) is 0 Å². The molecule has 0 bridgehead atoms. The third kappa shape index (κ3) is 5.16. The minimum atomic E-state index is -0.913. The average molecular weight is 203 g/mol. The number of quaternary nitrogens is 1. The van der Waals surface area contributed by atoms with Crippen molar-refractivity contribution < 1.29 is 14.8 Å². The normalized spacial score (nSPS) is 18.8. The van der Waals surface area contributed by atoms with Crippen molar-refractivity contribution in [3.63, 3.8) is 0 Å². The molecule has 1 heterocycles. The lowest BCUT2D eigenvalue weighted by Crippen LogP contribution is -3.13. The van der Waals surface area contributed by atoms with Crippen molar-refractivity contribution in [3.05, 3.63) is 0 Å². The van der Waals surface area contributed by atoms with Crippen LogP contribution in [0, 0.1) is 0 Å². The molecule has 0 amide bonds. The van der Waals surface area contributed by atoms with Crippen LogP contribution >= 0.6 is 11.8 Å². The minimum Gasteiger partial charge on any atom is -0.550 e. The zero-order valence-corrected chi connectivity index (χ0v) is 8.70. The number of carbonyl (C=O) groups excluding carboxylic acids is 1. The molecular formula is C9H17NO2S. The summed E-state index contributed by atoms with van der Waals surface area (Å²) >= 11 is 2.02. The van der Waals surface area contributed by atoms with Crippen molar-refractivity contribution in [2.24, 2.45) is 0 Å². The number of aliphatic carboxylic acids is 1. The SMILES string of the molecule is O=C([O-])CCCC[NH+]1CCSCC1. The van der Waals surface area contributed by atoms with Gasteiger partial charge in [-0.2, -0.15) is 11.8 Å². The molecule has 1 rings (SSSR count). The van der Waals surface area contributed by atoms with E-state index in [-0.39, 0.29) is 6.42 Å². The van der Waals surface area contributed by atoms with E-state index in [1.807, 2.05) is 11.8 Å². The lowest BCUT2D eigenvalue weighted by Gasteiger charge is -2.23. The van der Waals surface area contributed by atoms with Crippen LogP contribution in [0.3, 0.4) is 0 Å². The van der Waals surface area contributed by atoms with Crippen LogP contribution in [0.2, 0.25) is 0 Å². The maximum absolute atomic E-state index is 10.1. The molecule has 1 N–H and O–H groups in total. The van der Waals surface area contributed by atoms with Gasteiger partial charge in [-0.3, -0.25) is 0 Å². The van der Waals surface area contributed by atoms with Crippen molar-refractivity contribution in [1.29, 1.82) is 0 Å². The van der Waals surface area contributed by atoms with Gasteiger partial charge < -0.3 is 14.8 Å². The number of rotatable bonds is 5. The van der Waals surface area contributed by atoms with Crippen molar-refractivity contribution in [2.75, 3.05) is 31.1 Å². The summed E-state index contributed by atoms with van der Waals surface area (Å²) in [6, 6.07) is 0. The zero-order valence-electron chi connectivity index (χ0n) is 7.88. The van der Waals surface area contributed by atoms with Gasteiger partial charge in [0, 0.05) is 17.5 Å². The number of carboxylic acids is 1. The molecule has 0 unspecified atom stereocenters. The largest absolute Gasteiger partial charge is 0.550 e. The van der Waals surface area contributed by atoms with E-state index in [1.54, 1.807) is 4.90 Å². The quantitative estimate of drug-likeness (QED) is 0.555. The third-order valence-corrected chi connectivity index (χ3v) is 3.35. The van der Waals surface area contributed by atoms with Gasteiger partial charge in [0.05, 0.1) is 19.6 Å². The molecule has 0 aromatic heterocycles. The lowest BCUT2D eigenvalue weighted by molar-refractivity contribution is -0.896. The fourth-order valence-corrected chi connectivity index (χ4v) is 2.62. The molecule has 0 spiro atoms. The Morgan fingerprint density at radius 2 is 2.00 bits per heavy atom. The van der Waals surface area contributed by atoms with Crippen LogP contribution in [-0.4, -0.2) is 37.1 Å². The number of unbranched alkanes of at least 4 members (excludes halogenated alkanes) is 1. The smallest absolute Gasteiger partial charge is 0.0863 e. The fourth-order valence-electron chi connectivity index (χ4n) is 1.55. The second kappa shape index (κ2) is 6.27. The van der Waals surface area contributed by atoms with Crippen LogP contribution in [0.5, 0.6) is 0 Å². The summed E-state index contributed by atoms with van der Waals surface area (Å²) in [5.74, 6) is 1.61. The van der Waals surface area contributed by atoms with Gasteiger partial charge in [0.1, 0.15) is 0 Å². The second-order valence-corrected chi connectivity index (χ2v) is 4.67. The van der Waals surface area contributed by atoms with Gasteiger partial charge in [-0.25, -0.2) is 0 Å². The van der Waals surface area contributed by atoms with E-state index in [0.29, 0.717) is 0 Å². The van der Waals surface area contributed by atoms with E-state index in [4.69, 9.17) is 0 Å². The van der Waals surface area contributed by atoms with Gasteiger partial charge >= 0.3 is 0 Å². The van der Waals surface area contributed by atoms with Crippen LogP contribution in [0.25, 0.3) is 0 Å². The number of hydrogen-bond donors (Lipinski definition) is 1. The van der Waals surface area contributed by atoms with E-state index in [0.717, 1.165) is 19.4 Å². The highest BCUT2D eigenvalue weighted by Gasteiger charge is 2.12. The Morgan fingerprint density at radius 3 is 2.62 bits per heavy atom. The first-order valence-corrected chi connectivity index (χ1v) is 6.05. The summed E-state index contributed by atoms with van der Waals surface area (Å²) in [7, 11) is 0. The lowest BCUT2D eigenvalue weighted by atomic mass is 10.2. The Balaban J connectivity index is 1.95. The highest BCUT2D eigenvalue weighted by Crippen LogP contribution is 1.98. The van der Waals surface area contributed by atoms with Crippen LogP contribution in [-0.2, 0) is 4.79 Å². The van der Waals surface area contributed by atoms with Gasteiger partial charge in [-0.05, 0) is 19.3 Å². The highest BCUT2D eigenvalue weighted by atomic mass is 32.2. The topological polar surface area (TPSA) is 44.6 Å². The van der Waals surface area contributed by atoms with Gasteiger partial charge in [0.25, 0.3) is 0 Å². The molecule has 76 valence electrons. The number of carboxylic acid groups (broad SMARTS) is 1. The standard InChI is InChI=1S/C9H17NO2S/c11-9(12)3-1-2-4-10-5-7-13-8-6-10/h1-8H2,(H,11,12). The van der Waals surface area contributed by atoms with Crippen LogP contribution < -0.4 is 10.0 Å². The maximum Gasteiger partial charge on any atom is 0.0863 e. The summed E-state index contributed by atoms with van der Waals surface area (Å²) in [4.78, 5) is 11.8. The summed E-state index contributed by atoms with van der Waals surface area (Å²) in [6.45, 7) is 3.62. The summed E-state index contributed by atoms with van der Waals surface area (Å²) in [6.07, 6.45) is 2.02. The Morgan fingerprint density at radius 1 is 1.31 bits per heavy atom. The minimum absolute atomic E-state index is 0.224. The molecule has 4 heteroatoms. The monoisotopic (exact) mass is 203 g/mol. The average Bonchev–Trinajstić information content (AvgIpc) is 2.14. The predicted octanol–water partition coefficient (Wildman–Crippen LogP) is -1.46. The first kappa shape index (κ1) is 10.9. The van der Waals surface area contributed by atoms with E-state index >= 15 is 0 Å². The maximum atomic E-state index is 10.1. The summed E-state index contributed by atoms with van der Waals surface area (Å²) in [5, 5.41) is 10.1. The number of thioether (sulfide) groups is 1. The van der Waals surface area contributed by atoms with Crippen molar-refractivity contribution >= 4 is 17.7 Å². The Kier molecular flexibility index (Phi) is 5.23. The molecule has 0 saturated carbocycles. The Hall–Kier alpha value is -0.220. The summed E-state index contributed by atoms with van der Waals surface area (Å²) in [5.41, 5.74) is 0. The second-order valence-electron chi connectivity index (χ2n) is 3.44. The molecule has 1 aliphatic rings. The molecule has 1 saturated heterocycles. The molecule has 0 radical (unpaired) electrons. The number of nitrogens with one attached hydrogen (secondary N) is 1. The predicted molar refractivity (Wildman–Crippen MR) is 51.7 cm³/mol. The number of hydrogen-bond acceptors (Lipinski definition) is 3. The highest BCUT2D eigenvalue weighted by molar-refractivity contribution is 7.99. The van der Waals surface area contributed by atoms with Crippen LogP contribution in [0.1, 0.15) is 19.3 Å². The molecule has 0 aromatic rings. The molecular weight excluding hydrogens is 186 g/mol. The van der Waals surface area contributed by atoms with Crippen molar-refractivity contribution in [1.82, 2.24) is 0 Å². The van der Waals surface area contributed by atoms with Gasteiger partial charge in [-0.1, -0.05) is 0 Å². The van der Waals surface area contributed by atoms with E-state index < -0.39 is 5.97 Å². The van der Waals surface area contributed by atoms with Crippen LogP contribution in [0.15, 0.2) is 0 Å². The van der Waals surface area contributed by atoms with Gasteiger partial charge in [0.15, 0.2) is 0 Å². The van der Waals surface area contributed by atoms with E-state index in [1.165, 1.54) is 24.6 Å². The third-order valence-electron chi connectivity index (χ3n) is 2.36. The van der Waals surface area contributed by atoms with Gasteiger partial charge in [-0.15, -0.1) is 0 Å². The molecule has 1 aliphatic heterocycles. The fraction of sp³-hybridized carbons (Fsp3) is 0.889. The van der Waals surface area contributed by atoms with Gasteiger partial charge in [0.2, 0.25) is 0 Å². The van der Waals surface area contributed by atoms with E-state index in [9.17, 15) is 9.90 Å². The molecule has 0 atom stereocenters. The zero-order chi connectivity index (χ0) is 9.52. The molecule has 0 aromatic carbocycles. The number of carbonyl (C=O) groups is 1. The van der Waals surface area contributed by atoms with E-state index in [2.05, 4.69) is 0 Å². The first-order chi connectivity index (χ1) is 6.29. The summed E-state index contributed by atoms with van der Waals surface area (Å²) < 4.78 is 0. The molecule has 0 aliphatic carbocycles.